The molecular formula is C19H23N5O. The van der Waals surface area contributed by atoms with Gasteiger partial charge in [0.2, 0.25) is 5.91 Å². The van der Waals surface area contributed by atoms with E-state index in [2.05, 4.69) is 53.2 Å². The van der Waals surface area contributed by atoms with Crippen molar-refractivity contribution in [2.75, 3.05) is 6.54 Å². The largest absolute Gasteiger partial charge is 0.356 e. The van der Waals surface area contributed by atoms with Gasteiger partial charge in [-0.1, -0.05) is 32.0 Å². The van der Waals surface area contributed by atoms with Gasteiger partial charge in [0.1, 0.15) is 19.2 Å². The van der Waals surface area contributed by atoms with E-state index in [0.717, 1.165) is 24.9 Å². The molecule has 1 aliphatic heterocycles. The number of hydrogen-bond donors (Lipinski definition) is 1. The summed E-state index contributed by atoms with van der Waals surface area (Å²) < 4.78 is 1.59. The first kappa shape index (κ1) is 15.9. The molecule has 4 rings (SSSR count). The van der Waals surface area contributed by atoms with Crippen molar-refractivity contribution in [3.05, 3.63) is 48.2 Å². The second kappa shape index (κ2) is 6.35. The van der Waals surface area contributed by atoms with Crippen molar-refractivity contribution < 1.29 is 4.79 Å². The van der Waals surface area contributed by atoms with E-state index in [0.29, 0.717) is 5.92 Å². The van der Waals surface area contributed by atoms with Crippen molar-refractivity contribution >= 4 is 16.8 Å². The van der Waals surface area contributed by atoms with Crippen molar-refractivity contribution in [2.45, 2.75) is 39.3 Å². The molecule has 1 N–H and O–H groups in total. The smallest absolute Gasteiger partial charge is 0.244 e. The van der Waals surface area contributed by atoms with Crippen LogP contribution >= 0.6 is 0 Å². The molecule has 0 bridgehead atoms. The number of carbonyl (C=O) groups excluding carboxylic acids is 1. The minimum Gasteiger partial charge on any atom is -0.356 e. The molecule has 2 aromatic heterocycles. The number of amides is 1. The summed E-state index contributed by atoms with van der Waals surface area (Å²) in [5.74, 6) is 0.601. The van der Waals surface area contributed by atoms with Gasteiger partial charge in [0.15, 0.2) is 0 Å². The molecule has 1 aliphatic rings. The molecule has 0 saturated carbocycles. The van der Waals surface area contributed by atoms with Crippen LogP contribution in [-0.4, -0.2) is 37.1 Å². The van der Waals surface area contributed by atoms with E-state index in [4.69, 9.17) is 0 Å². The molecule has 0 aliphatic carbocycles. The summed E-state index contributed by atoms with van der Waals surface area (Å²) in [5, 5.41) is 5.35. The number of para-hydroxylation sites is 1. The van der Waals surface area contributed by atoms with Crippen LogP contribution in [0, 0.1) is 5.92 Å². The number of carbonyl (C=O) groups is 1. The Morgan fingerprint density at radius 3 is 2.96 bits per heavy atom. The fraction of sp³-hybridized carbons (Fsp3) is 0.421. The molecule has 0 saturated heterocycles. The predicted molar refractivity (Wildman–Crippen MR) is 95.9 cm³/mol. The van der Waals surface area contributed by atoms with Crippen molar-refractivity contribution in [2.24, 2.45) is 5.92 Å². The minimum absolute atomic E-state index is 0.0900. The Morgan fingerprint density at radius 2 is 2.20 bits per heavy atom. The topological polar surface area (TPSA) is 66.8 Å². The molecule has 0 spiro atoms. The normalized spacial score (nSPS) is 17.2. The molecule has 1 aromatic carbocycles. The maximum absolute atomic E-state index is 12.9. The number of H-pyrrole nitrogens is 1. The highest BCUT2D eigenvalue weighted by molar-refractivity contribution is 5.86. The number of aromatic amines is 1. The van der Waals surface area contributed by atoms with Gasteiger partial charge in [-0.15, -0.1) is 0 Å². The first-order valence-electron chi connectivity index (χ1n) is 8.85. The molecule has 6 heteroatoms. The van der Waals surface area contributed by atoms with Gasteiger partial charge in [0.05, 0.1) is 6.04 Å². The monoisotopic (exact) mass is 337 g/mol. The van der Waals surface area contributed by atoms with Crippen molar-refractivity contribution in [1.29, 1.82) is 0 Å². The summed E-state index contributed by atoms with van der Waals surface area (Å²) in [6.07, 6.45) is 4.89. The second-order valence-electron chi connectivity index (χ2n) is 7.14. The lowest BCUT2D eigenvalue weighted by Crippen LogP contribution is -2.42. The zero-order chi connectivity index (χ0) is 17.4. The lowest BCUT2D eigenvalue weighted by atomic mass is 9.91. The molecule has 3 aromatic rings. The highest BCUT2D eigenvalue weighted by Crippen LogP contribution is 2.37. The summed E-state index contributed by atoms with van der Waals surface area (Å²) in [5.41, 5.74) is 3.73. The molecule has 1 amide bonds. The second-order valence-corrected chi connectivity index (χ2v) is 7.14. The van der Waals surface area contributed by atoms with E-state index >= 15 is 0 Å². The van der Waals surface area contributed by atoms with Crippen LogP contribution in [0.25, 0.3) is 10.9 Å². The van der Waals surface area contributed by atoms with Gasteiger partial charge < -0.3 is 9.88 Å². The Balaban J connectivity index is 1.69. The molecule has 6 nitrogen and oxygen atoms in total. The molecular weight excluding hydrogens is 314 g/mol. The standard InChI is InChI=1S/C19H23N5O/c1-13(2)9-17-19-15(14-5-3-4-6-16(14)22-19)7-8-24(17)18(25)10-23-12-20-11-21-23/h3-6,11-13,17,22H,7-10H2,1-2H3/t17-/m1/s1. The van der Waals surface area contributed by atoms with Gasteiger partial charge in [-0.25, -0.2) is 9.67 Å². The third-order valence-electron chi connectivity index (χ3n) is 4.94. The van der Waals surface area contributed by atoms with Gasteiger partial charge in [-0.05, 0) is 30.4 Å². The van der Waals surface area contributed by atoms with Gasteiger partial charge in [-0.2, -0.15) is 5.10 Å². The zero-order valence-corrected chi connectivity index (χ0v) is 14.6. The Bertz CT molecular complexity index is 881. The van der Waals surface area contributed by atoms with Crippen molar-refractivity contribution in [1.82, 2.24) is 24.6 Å². The van der Waals surface area contributed by atoms with Crippen molar-refractivity contribution in [3.8, 4) is 0 Å². The van der Waals surface area contributed by atoms with E-state index in [-0.39, 0.29) is 18.5 Å². The molecule has 0 unspecified atom stereocenters. The Hall–Kier alpha value is -2.63. The number of nitrogens with zero attached hydrogens (tertiary/aromatic N) is 4. The highest BCUT2D eigenvalue weighted by atomic mass is 16.2. The van der Waals surface area contributed by atoms with Crippen LogP contribution in [0.15, 0.2) is 36.9 Å². The first-order chi connectivity index (χ1) is 12.1. The molecule has 1 atom stereocenters. The average Bonchev–Trinajstić information content (AvgIpc) is 3.22. The summed E-state index contributed by atoms with van der Waals surface area (Å²) >= 11 is 0. The molecule has 25 heavy (non-hydrogen) atoms. The van der Waals surface area contributed by atoms with Crippen LogP contribution in [0.5, 0.6) is 0 Å². The summed E-state index contributed by atoms with van der Waals surface area (Å²) in [6.45, 7) is 5.40. The molecule has 130 valence electrons. The summed E-state index contributed by atoms with van der Waals surface area (Å²) in [4.78, 5) is 22.4. The zero-order valence-electron chi connectivity index (χ0n) is 14.6. The Labute approximate surface area is 146 Å². The number of benzene rings is 1. The van der Waals surface area contributed by atoms with Crippen molar-refractivity contribution in [3.63, 3.8) is 0 Å². The Morgan fingerprint density at radius 1 is 1.36 bits per heavy atom. The fourth-order valence-electron chi connectivity index (χ4n) is 3.85. The quantitative estimate of drug-likeness (QED) is 0.796. The molecule has 0 fully saturated rings. The van der Waals surface area contributed by atoms with Crippen LogP contribution in [0.4, 0.5) is 0 Å². The minimum atomic E-state index is 0.0900. The van der Waals surface area contributed by atoms with Crippen LogP contribution < -0.4 is 0 Å². The first-order valence-corrected chi connectivity index (χ1v) is 8.85. The van der Waals surface area contributed by atoms with Gasteiger partial charge in [0.25, 0.3) is 0 Å². The number of fused-ring (bicyclic) bond motifs is 3. The number of rotatable bonds is 4. The SMILES string of the molecule is CC(C)C[C@@H]1c2[nH]c3ccccc3c2CCN1C(=O)Cn1cncn1. The average molecular weight is 337 g/mol. The van der Waals surface area contributed by atoms with Crippen LogP contribution in [0.3, 0.4) is 0 Å². The van der Waals surface area contributed by atoms with E-state index in [1.807, 2.05) is 4.90 Å². The summed E-state index contributed by atoms with van der Waals surface area (Å²) in [7, 11) is 0. The fourth-order valence-corrected chi connectivity index (χ4v) is 3.85. The maximum Gasteiger partial charge on any atom is 0.244 e. The van der Waals surface area contributed by atoms with Crippen LogP contribution in [-0.2, 0) is 17.8 Å². The lowest BCUT2D eigenvalue weighted by molar-refractivity contribution is -0.135. The summed E-state index contributed by atoms with van der Waals surface area (Å²) in [6, 6.07) is 8.50. The Kier molecular flexibility index (Phi) is 4.03. The molecule has 0 radical (unpaired) electrons. The number of aromatic nitrogens is 4. The highest BCUT2D eigenvalue weighted by Gasteiger charge is 2.33. The van der Waals surface area contributed by atoms with E-state index in [1.165, 1.54) is 23.0 Å². The number of nitrogens with one attached hydrogen (secondary N) is 1. The lowest BCUT2D eigenvalue weighted by Gasteiger charge is -2.37. The third-order valence-corrected chi connectivity index (χ3v) is 4.94. The molecule has 3 heterocycles. The number of hydrogen-bond acceptors (Lipinski definition) is 3. The van der Waals surface area contributed by atoms with Crippen LogP contribution in [0.2, 0.25) is 0 Å². The van der Waals surface area contributed by atoms with Gasteiger partial charge in [0, 0.05) is 23.1 Å². The van der Waals surface area contributed by atoms with E-state index in [9.17, 15) is 4.79 Å². The van der Waals surface area contributed by atoms with E-state index in [1.54, 1.807) is 11.0 Å². The van der Waals surface area contributed by atoms with E-state index < -0.39 is 0 Å². The third kappa shape index (κ3) is 2.92. The van der Waals surface area contributed by atoms with Gasteiger partial charge >= 0.3 is 0 Å². The van der Waals surface area contributed by atoms with Gasteiger partial charge in [-0.3, -0.25) is 4.79 Å². The van der Waals surface area contributed by atoms with Crippen LogP contribution in [0.1, 0.15) is 37.6 Å². The maximum atomic E-state index is 12.9. The predicted octanol–water partition coefficient (Wildman–Crippen LogP) is 2.93.